The molecule has 0 aromatic heterocycles. The quantitative estimate of drug-likeness (QED) is 0.890. The van der Waals surface area contributed by atoms with Gasteiger partial charge in [0.15, 0.2) is 0 Å². The molecule has 2 aromatic rings. The maximum atomic E-state index is 12.2. The molecule has 2 rings (SSSR count). The highest BCUT2D eigenvalue weighted by Crippen LogP contribution is 2.24. The Labute approximate surface area is 117 Å². The van der Waals surface area contributed by atoms with Crippen LogP contribution < -0.4 is 10.6 Å². The second kappa shape index (κ2) is 5.76. The Bertz CT molecular complexity index is 611. The van der Waals surface area contributed by atoms with Crippen molar-refractivity contribution in [1.82, 2.24) is 0 Å². The van der Waals surface area contributed by atoms with Gasteiger partial charge in [-0.1, -0.05) is 29.8 Å². The van der Waals surface area contributed by atoms with Crippen LogP contribution >= 0.6 is 11.6 Å². The van der Waals surface area contributed by atoms with Crippen molar-refractivity contribution >= 4 is 28.9 Å². The third-order valence-electron chi connectivity index (χ3n) is 2.81. The Hall–Kier alpha value is -2.00. The molecule has 0 bridgehead atoms. The molecule has 0 aliphatic carbocycles. The molecule has 4 heteroatoms. The predicted octanol–water partition coefficient (Wildman–Crippen LogP) is 3.94. The van der Waals surface area contributed by atoms with Crippen LogP contribution in [0.4, 0.5) is 11.4 Å². The first-order valence-electron chi connectivity index (χ1n) is 5.96. The van der Waals surface area contributed by atoms with E-state index in [1.54, 1.807) is 19.2 Å². The van der Waals surface area contributed by atoms with E-state index in [4.69, 9.17) is 11.6 Å². The summed E-state index contributed by atoms with van der Waals surface area (Å²) in [6.45, 7) is 1.95. The molecule has 0 heterocycles. The molecule has 0 saturated heterocycles. The van der Waals surface area contributed by atoms with Gasteiger partial charge in [0.2, 0.25) is 0 Å². The number of benzene rings is 2. The van der Waals surface area contributed by atoms with Crippen LogP contribution in [0.15, 0.2) is 42.5 Å². The predicted molar refractivity (Wildman–Crippen MR) is 80.1 cm³/mol. The van der Waals surface area contributed by atoms with E-state index in [-0.39, 0.29) is 5.91 Å². The fraction of sp³-hybridized carbons (Fsp3) is 0.133. The van der Waals surface area contributed by atoms with Gasteiger partial charge >= 0.3 is 0 Å². The maximum absolute atomic E-state index is 12.2. The van der Waals surface area contributed by atoms with E-state index in [2.05, 4.69) is 10.6 Å². The van der Waals surface area contributed by atoms with Crippen LogP contribution in [0.5, 0.6) is 0 Å². The van der Waals surface area contributed by atoms with Crippen LogP contribution in [0, 0.1) is 6.92 Å². The molecule has 0 aliphatic rings. The van der Waals surface area contributed by atoms with Crippen molar-refractivity contribution < 1.29 is 4.79 Å². The Balaban J connectivity index is 2.28. The number of hydrogen-bond donors (Lipinski definition) is 2. The Kier molecular flexibility index (Phi) is 4.07. The van der Waals surface area contributed by atoms with E-state index in [0.29, 0.717) is 16.3 Å². The number of rotatable bonds is 3. The van der Waals surface area contributed by atoms with E-state index in [1.165, 1.54) is 0 Å². The van der Waals surface area contributed by atoms with Crippen molar-refractivity contribution in [2.24, 2.45) is 0 Å². The normalized spacial score (nSPS) is 10.1. The summed E-state index contributed by atoms with van der Waals surface area (Å²) in [5, 5.41) is 6.35. The minimum absolute atomic E-state index is 0.183. The third-order valence-corrected chi connectivity index (χ3v) is 3.14. The summed E-state index contributed by atoms with van der Waals surface area (Å²) < 4.78 is 0. The monoisotopic (exact) mass is 274 g/mol. The van der Waals surface area contributed by atoms with E-state index >= 15 is 0 Å². The van der Waals surface area contributed by atoms with E-state index in [0.717, 1.165) is 11.3 Å². The molecule has 3 nitrogen and oxygen atoms in total. The molecule has 0 aliphatic heterocycles. The van der Waals surface area contributed by atoms with Crippen LogP contribution in [-0.4, -0.2) is 13.0 Å². The zero-order valence-electron chi connectivity index (χ0n) is 10.8. The minimum atomic E-state index is -0.183. The number of para-hydroxylation sites is 1. The fourth-order valence-corrected chi connectivity index (χ4v) is 1.99. The molecule has 19 heavy (non-hydrogen) atoms. The summed E-state index contributed by atoms with van der Waals surface area (Å²) in [6.07, 6.45) is 0. The Morgan fingerprint density at radius 2 is 1.84 bits per heavy atom. The number of carbonyl (C=O) groups excluding carboxylic acids is 1. The molecule has 2 N–H and O–H groups in total. The molecule has 0 atom stereocenters. The summed E-state index contributed by atoms with van der Waals surface area (Å²) in [5.41, 5.74) is 3.03. The topological polar surface area (TPSA) is 41.1 Å². The van der Waals surface area contributed by atoms with Crippen molar-refractivity contribution in [3.8, 4) is 0 Å². The molecule has 0 unspecified atom stereocenters. The van der Waals surface area contributed by atoms with Gasteiger partial charge in [0.05, 0.1) is 16.3 Å². The number of anilines is 2. The fourth-order valence-electron chi connectivity index (χ4n) is 1.82. The van der Waals surface area contributed by atoms with Gasteiger partial charge < -0.3 is 10.6 Å². The lowest BCUT2D eigenvalue weighted by molar-refractivity contribution is 0.102. The van der Waals surface area contributed by atoms with Crippen molar-refractivity contribution in [2.75, 3.05) is 17.7 Å². The average molecular weight is 275 g/mol. The number of aryl methyl sites for hydroxylation is 1. The van der Waals surface area contributed by atoms with Crippen molar-refractivity contribution in [3.63, 3.8) is 0 Å². The average Bonchev–Trinajstić information content (AvgIpc) is 2.42. The summed E-state index contributed by atoms with van der Waals surface area (Å²) in [5.74, 6) is -0.183. The van der Waals surface area contributed by atoms with Crippen LogP contribution in [0.25, 0.3) is 0 Å². The summed E-state index contributed by atoms with van der Waals surface area (Å²) in [7, 11) is 1.78. The lowest BCUT2D eigenvalue weighted by atomic mass is 10.1. The molecule has 98 valence electrons. The van der Waals surface area contributed by atoms with Gasteiger partial charge in [0.25, 0.3) is 5.91 Å². The second-order valence-electron chi connectivity index (χ2n) is 4.23. The molecule has 0 fully saturated rings. The first-order valence-corrected chi connectivity index (χ1v) is 6.34. The van der Waals surface area contributed by atoms with Gasteiger partial charge in [-0.3, -0.25) is 4.79 Å². The van der Waals surface area contributed by atoms with Crippen LogP contribution in [0.1, 0.15) is 15.9 Å². The Morgan fingerprint density at radius 3 is 2.58 bits per heavy atom. The third kappa shape index (κ3) is 3.06. The first-order chi connectivity index (χ1) is 9.11. The highest BCUT2D eigenvalue weighted by Gasteiger charge is 2.11. The maximum Gasteiger partial charge on any atom is 0.257 e. The first kappa shape index (κ1) is 13.4. The second-order valence-corrected chi connectivity index (χ2v) is 4.64. The molecule has 0 radical (unpaired) electrons. The summed E-state index contributed by atoms with van der Waals surface area (Å²) >= 11 is 6.07. The van der Waals surface area contributed by atoms with Gasteiger partial charge in [-0.25, -0.2) is 0 Å². The largest absolute Gasteiger partial charge is 0.387 e. The van der Waals surface area contributed by atoms with Gasteiger partial charge in [-0.15, -0.1) is 0 Å². The van der Waals surface area contributed by atoms with Gasteiger partial charge in [-0.2, -0.15) is 0 Å². The molecule has 2 aromatic carbocycles. The van der Waals surface area contributed by atoms with Crippen molar-refractivity contribution in [3.05, 3.63) is 58.6 Å². The molecule has 0 saturated carbocycles. The number of amides is 1. The van der Waals surface area contributed by atoms with Gasteiger partial charge in [-0.05, 0) is 36.8 Å². The van der Waals surface area contributed by atoms with Crippen LogP contribution in [0.2, 0.25) is 5.02 Å². The standard InChI is InChI=1S/C15H15ClN2O/c1-10-7-8-12(16)14(9-10)18-15(19)11-5-3-4-6-13(11)17-2/h3-9,17H,1-2H3,(H,18,19). The molecular weight excluding hydrogens is 260 g/mol. The smallest absolute Gasteiger partial charge is 0.257 e. The molecular formula is C15H15ClN2O. The SMILES string of the molecule is CNc1ccccc1C(=O)Nc1cc(C)ccc1Cl. The lowest BCUT2D eigenvalue weighted by Gasteiger charge is -2.11. The summed E-state index contributed by atoms with van der Waals surface area (Å²) in [4.78, 5) is 12.2. The Morgan fingerprint density at radius 1 is 1.11 bits per heavy atom. The number of hydrogen-bond acceptors (Lipinski definition) is 2. The van der Waals surface area contributed by atoms with Gasteiger partial charge in [0.1, 0.15) is 0 Å². The summed E-state index contributed by atoms with van der Waals surface area (Å²) in [6, 6.07) is 12.9. The van der Waals surface area contributed by atoms with E-state index < -0.39 is 0 Å². The molecule has 0 spiro atoms. The van der Waals surface area contributed by atoms with E-state index in [1.807, 2.05) is 37.3 Å². The minimum Gasteiger partial charge on any atom is -0.387 e. The van der Waals surface area contributed by atoms with Gasteiger partial charge in [0, 0.05) is 12.7 Å². The van der Waals surface area contributed by atoms with E-state index in [9.17, 15) is 4.79 Å². The number of nitrogens with one attached hydrogen (secondary N) is 2. The zero-order valence-corrected chi connectivity index (χ0v) is 11.6. The number of carbonyl (C=O) groups is 1. The van der Waals surface area contributed by atoms with Crippen LogP contribution in [-0.2, 0) is 0 Å². The molecule has 1 amide bonds. The lowest BCUT2D eigenvalue weighted by Crippen LogP contribution is -2.14. The van der Waals surface area contributed by atoms with Crippen molar-refractivity contribution in [1.29, 1.82) is 0 Å². The van der Waals surface area contributed by atoms with Crippen molar-refractivity contribution in [2.45, 2.75) is 6.92 Å². The highest BCUT2D eigenvalue weighted by atomic mass is 35.5. The van der Waals surface area contributed by atoms with Crippen LogP contribution in [0.3, 0.4) is 0 Å². The highest BCUT2D eigenvalue weighted by molar-refractivity contribution is 6.34. The zero-order chi connectivity index (χ0) is 13.8. The number of halogens is 1.